The molecule has 0 amide bonds. The fourth-order valence-corrected chi connectivity index (χ4v) is 8.22. The van der Waals surface area contributed by atoms with Gasteiger partial charge in [0.1, 0.15) is 18.8 Å². The number of carbonyl (C=O) groups excluding carboxylic acids is 3. The van der Waals surface area contributed by atoms with Crippen LogP contribution >= 0.6 is 0 Å². The van der Waals surface area contributed by atoms with E-state index in [1.807, 2.05) is 0 Å². The maximum absolute atomic E-state index is 13.1. The summed E-state index contributed by atoms with van der Waals surface area (Å²) in [5.41, 5.74) is 0. The number of allylic oxidation sites excluding steroid dienone is 10. The third-order valence-electron chi connectivity index (χ3n) is 12.6. The maximum Gasteiger partial charge on any atom is 0.335 e. The van der Waals surface area contributed by atoms with Crippen molar-refractivity contribution in [2.45, 2.75) is 276 Å². The molecular weight excluding hydrogens is 901 g/mol. The molecule has 1 fully saturated rings. The van der Waals surface area contributed by atoms with Crippen molar-refractivity contribution < 1.29 is 58.2 Å². The van der Waals surface area contributed by atoms with Crippen LogP contribution in [0, 0.1) is 0 Å². The summed E-state index contributed by atoms with van der Waals surface area (Å²) in [6.07, 6.45) is 44.9. The fourth-order valence-electron chi connectivity index (χ4n) is 8.22. The van der Waals surface area contributed by atoms with E-state index in [9.17, 15) is 34.5 Å². The average Bonchev–Trinajstić information content (AvgIpc) is 3.35. The summed E-state index contributed by atoms with van der Waals surface area (Å²) in [6.45, 7) is 5.79. The van der Waals surface area contributed by atoms with E-state index in [1.54, 1.807) is 0 Å². The van der Waals surface area contributed by atoms with Crippen LogP contribution in [0.5, 0.6) is 0 Å². The second kappa shape index (κ2) is 47.4. The average molecular weight is 1000 g/mol. The van der Waals surface area contributed by atoms with E-state index in [0.29, 0.717) is 19.3 Å². The third kappa shape index (κ3) is 37.8. The molecule has 0 radical (unpaired) electrons. The molecule has 6 unspecified atom stereocenters. The molecule has 1 saturated heterocycles. The van der Waals surface area contributed by atoms with E-state index in [-0.39, 0.29) is 25.9 Å². The van der Waals surface area contributed by atoms with Crippen molar-refractivity contribution in [3.05, 3.63) is 60.8 Å². The molecule has 1 aliphatic heterocycles. The van der Waals surface area contributed by atoms with E-state index in [2.05, 4.69) is 81.5 Å². The number of esters is 3. The van der Waals surface area contributed by atoms with Gasteiger partial charge in [-0.2, -0.15) is 0 Å². The first-order valence-electron chi connectivity index (χ1n) is 28.3. The first kappa shape index (κ1) is 65.4. The van der Waals surface area contributed by atoms with Gasteiger partial charge in [-0.15, -0.1) is 0 Å². The Balaban J connectivity index is 2.72. The minimum absolute atomic E-state index is 0.0579. The minimum atomic E-state index is -1.91. The summed E-state index contributed by atoms with van der Waals surface area (Å²) in [4.78, 5) is 50.9. The molecule has 3 N–H and O–H groups in total. The van der Waals surface area contributed by atoms with Crippen molar-refractivity contribution in [2.75, 3.05) is 13.2 Å². The van der Waals surface area contributed by atoms with Crippen LogP contribution in [0.4, 0.5) is 0 Å². The van der Waals surface area contributed by atoms with Gasteiger partial charge >= 0.3 is 23.9 Å². The standard InChI is InChI=1S/C59H100O12/c1-4-7-10-13-16-19-22-24-26-28-31-33-36-39-42-45-51(60)67-48-50(69-52(61)46-43-40-37-34-30-21-18-15-12-9-6-3)49-68-59-57(55(64)54(63)56(71-59)58(65)66)70-53(62)47-44-41-38-35-32-29-27-25-23-20-17-14-11-8-5-2/h7,10,15-16,18-19,24,26,31,33,50,54-57,59,63-64H,4-6,8-9,11-14,17,20-23,25,27-30,32,34-49H2,1-3H3,(H,65,66)/b10-7-,18-15-,19-16-,26-24-,33-31-. The van der Waals surface area contributed by atoms with E-state index in [4.69, 9.17) is 23.7 Å². The zero-order chi connectivity index (χ0) is 51.8. The number of carboxylic acid groups (broad SMARTS) is 1. The number of carbonyl (C=O) groups is 4. The van der Waals surface area contributed by atoms with Gasteiger partial charge in [-0.25, -0.2) is 4.79 Å². The molecule has 1 rings (SSSR count). The minimum Gasteiger partial charge on any atom is -0.479 e. The number of aliphatic hydroxyl groups excluding tert-OH is 2. The lowest BCUT2D eigenvalue weighted by molar-refractivity contribution is -0.301. The lowest BCUT2D eigenvalue weighted by Crippen LogP contribution is -2.61. The Morgan fingerprint density at radius 3 is 1.44 bits per heavy atom. The number of rotatable bonds is 47. The summed E-state index contributed by atoms with van der Waals surface area (Å²) >= 11 is 0. The number of hydrogen-bond donors (Lipinski definition) is 3. The monoisotopic (exact) mass is 1000 g/mol. The lowest BCUT2D eigenvalue weighted by atomic mass is 9.98. The number of carboxylic acids is 1. The molecule has 0 saturated carbocycles. The Bertz CT molecular complexity index is 1470. The van der Waals surface area contributed by atoms with Gasteiger partial charge in [-0.3, -0.25) is 14.4 Å². The summed E-state index contributed by atoms with van der Waals surface area (Å²) in [5.74, 6) is -3.18. The van der Waals surface area contributed by atoms with E-state index in [0.717, 1.165) is 103 Å². The molecule has 0 aliphatic carbocycles. The predicted octanol–water partition coefficient (Wildman–Crippen LogP) is 14.0. The SMILES string of the molecule is CC/C=C\C/C=C\C/C=C\C/C=C\CCCCC(=O)OCC(COC1OC(C(=O)O)C(O)C(O)C1OC(=O)CCCCCCCCCCCCCCCCC)OC(=O)CCCCCCC/C=C\CCCC. The first-order valence-corrected chi connectivity index (χ1v) is 28.3. The van der Waals surface area contributed by atoms with E-state index >= 15 is 0 Å². The quantitative estimate of drug-likeness (QED) is 0.0228. The number of aliphatic carboxylic acids is 1. The van der Waals surface area contributed by atoms with Gasteiger partial charge in [-0.05, 0) is 77.0 Å². The lowest BCUT2D eigenvalue weighted by Gasteiger charge is -2.40. The van der Waals surface area contributed by atoms with Crippen molar-refractivity contribution in [3.8, 4) is 0 Å². The molecule has 0 bridgehead atoms. The molecule has 12 nitrogen and oxygen atoms in total. The zero-order valence-electron chi connectivity index (χ0n) is 44.7. The maximum atomic E-state index is 13.1. The van der Waals surface area contributed by atoms with Gasteiger partial charge in [0.05, 0.1) is 6.61 Å². The molecule has 0 aromatic carbocycles. The highest BCUT2D eigenvalue weighted by atomic mass is 16.7. The Morgan fingerprint density at radius 2 is 0.901 bits per heavy atom. The number of ether oxygens (including phenoxy) is 5. The molecular formula is C59H100O12. The van der Waals surface area contributed by atoms with Crippen molar-refractivity contribution in [1.29, 1.82) is 0 Å². The Labute approximate surface area is 430 Å². The fraction of sp³-hybridized carbons (Fsp3) is 0.763. The molecule has 0 aromatic heterocycles. The number of unbranched alkanes of at least 4 members (excludes halogenated alkanes) is 23. The molecule has 1 heterocycles. The summed E-state index contributed by atoms with van der Waals surface area (Å²) in [6, 6.07) is 0. The molecule has 408 valence electrons. The molecule has 1 aliphatic rings. The van der Waals surface area contributed by atoms with E-state index < -0.39 is 67.3 Å². The highest BCUT2D eigenvalue weighted by Crippen LogP contribution is 2.26. The smallest absolute Gasteiger partial charge is 0.335 e. The summed E-state index contributed by atoms with van der Waals surface area (Å²) in [5, 5.41) is 31.4. The summed E-state index contributed by atoms with van der Waals surface area (Å²) in [7, 11) is 0. The van der Waals surface area contributed by atoms with Crippen LogP contribution in [0.2, 0.25) is 0 Å². The zero-order valence-corrected chi connectivity index (χ0v) is 44.7. The molecule has 71 heavy (non-hydrogen) atoms. The van der Waals surface area contributed by atoms with Crippen LogP contribution < -0.4 is 0 Å². The first-order chi connectivity index (χ1) is 34.6. The molecule has 0 spiro atoms. The van der Waals surface area contributed by atoms with E-state index in [1.165, 1.54) is 77.0 Å². The Kier molecular flexibility index (Phi) is 43.7. The van der Waals surface area contributed by atoms with Gasteiger partial charge in [0.25, 0.3) is 0 Å². The normalized spacial score (nSPS) is 18.9. The topological polar surface area (TPSA) is 175 Å². The van der Waals surface area contributed by atoms with Crippen LogP contribution in [-0.4, -0.2) is 89.2 Å². The second-order valence-electron chi connectivity index (χ2n) is 19.2. The van der Waals surface area contributed by atoms with Crippen LogP contribution in [0.25, 0.3) is 0 Å². The highest BCUT2D eigenvalue weighted by Gasteiger charge is 2.50. The van der Waals surface area contributed by atoms with Gasteiger partial charge < -0.3 is 39.0 Å². The van der Waals surface area contributed by atoms with Gasteiger partial charge in [0, 0.05) is 19.3 Å². The van der Waals surface area contributed by atoms with Crippen LogP contribution in [-0.2, 0) is 42.9 Å². The Morgan fingerprint density at radius 1 is 0.479 bits per heavy atom. The highest BCUT2D eigenvalue weighted by molar-refractivity contribution is 5.74. The van der Waals surface area contributed by atoms with Crippen molar-refractivity contribution in [1.82, 2.24) is 0 Å². The van der Waals surface area contributed by atoms with Crippen molar-refractivity contribution in [3.63, 3.8) is 0 Å². The van der Waals surface area contributed by atoms with Crippen molar-refractivity contribution >= 4 is 23.9 Å². The van der Waals surface area contributed by atoms with Crippen LogP contribution in [0.15, 0.2) is 60.8 Å². The number of aliphatic hydroxyl groups is 2. The van der Waals surface area contributed by atoms with Gasteiger partial charge in [0.15, 0.2) is 24.6 Å². The number of hydrogen-bond acceptors (Lipinski definition) is 11. The van der Waals surface area contributed by atoms with Gasteiger partial charge in [-0.1, -0.05) is 204 Å². The third-order valence-corrected chi connectivity index (χ3v) is 12.6. The second-order valence-corrected chi connectivity index (χ2v) is 19.2. The Hall–Kier alpha value is -3.58. The van der Waals surface area contributed by atoms with Crippen molar-refractivity contribution in [2.24, 2.45) is 0 Å². The van der Waals surface area contributed by atoms with Crippen LogP contribution in [0.1, 0.15) is 239 Å². The molecule has 6 atom stereocenters. The summed E-state index contributed by atoms with van der Waals surface area (Å²) < 4.78 is 28.3. The predicted molar refractivity (Wildman–Crippen MR) is 285 cm³/mol. The largest absolute Gasteiger partial charge is 0.479 e. The molecule has 0 aromatic rings. The molecule has 12 heteroatoms. The van der Waals surface area contributed by atoms with Gasteiger partial charge in [0.2, 0.25) is 0 Å². The van der Waals surface area contributed by atoms with Crippen LogP contribution in [0.3, 0.4) is 0 Å².